The minimum absolute atomic E-state index is 0.277. The zero-order valence-electron chi connectivity index (χ0n) is 11.3. The Bertz CT molecular complexity index is 560. The van der Waals surface area contributed by atoms with E-state index in [0.717, 1.165) is 5.75 Å². The maximum absolute atomic E-state index is 5.65. The Kier molecular flexibility index (Phi) is 4.56. The predicted octanol–water partition coefficient (Wildman–Crippen LogP) is 1.96. The molecule has 1 heterocycles. The molecule has 0 saturated carbocycles. The van der Waals surface area contributed by atoms with Gasteiger partial charge in [-0.15, -0.1) is 0 Å². The van der Waals surface area contributed by atoms with E-state index in [-0.39, 0.29) is 5.88 Å². The SMILES string of the molecule is CCOc1ccc(Oc2ncnc(NN)c2OC)cc1. The van der Waals surface area contributed by atoms with E-state index in [2.05, 4.69) is 15.4 Å². The molecule has 0 fully saturated rings. The lowest BCUT2D eigenvalue weighted by Gasteiger charge is -2.11. The summed E-state index contributed by atoms with van der Waals surface area (Å²) in [7, 11) is 1.49. The Morgan fingerprint density at radius 3 is 2.45 bits per heavy atom. The van der Waals surface area contributed by atoms with Gasteiger partial charge in [0.2, 0.25) is 5.75 Å². The number of nitrogens with zero attached hydrogens (tertiary/aromatic N) is 2. The summed E-state index contributed by atoms with van der Waals surface area (Å²) in [5, 5.41) is 0. The molecule has 0 atom stereocenters. The maximum atomic E-state index is 5.65. The minimum atomic E-state index is 0.277. The van der Waals surface area contributed by atoms with Crippen molar-refractivity contribution < 1.29 is 14.2 Å². The van der Waals surface area contributed by atoms with Crippen molar-refractivity contribution in [2.45, 2.75) is 6.92 Å². The van der Waals surface area contributed by atoms with Crippen LogP contribution >= 0.6 is 0 Å². The van der Waals surface area contributed by atoms with E-state index >= 15 is 0 Å². The molecule has 0 aliphatic heterocycles. The van der Waals surface area contributed by atoms with Crippen LogP contribution in [0.25, 0.3) is 0 Å². The van der Waals surface area contributed by atoms with Gasteiger partial charge < -0.3 is 19.6 Å². The third-order valence-electron chi connectivity index (χ3n) is 2.46. The van der Waals surface area contributed by atoms with E-state index in [1.165, 1.54) is 13.4 Å². The lowest BCUT2D eigenvalue weighted by Crippen LogP contribution is -2.10. The minimum Gasteiger partial charge on any atom is -0.494 e. The highest BCUT2D eigenvalue weighted by Crippen LogP contribution is 2.33. The van der Waals surface area contributed by atoms with Gasteiger partial charge >= 0.3 is 0 Å². The Balaban J connectivity index is 2.21. The first-order valence-corrected chi connectivity index (χ1v) is 6.04. The standard InChI is InChI=1S/C13H16N4O3/c1-3-19-9-4-6-10(7-5-9)20-13-11(18-2)12(17-14)15-8-16-13/h4-8H,3,14H2,1-2H3,(H,15,16,17). The molecule has 1 aromatic heterocycles. The van der Waals surface area contributed by atoms with Crippen LogP contribution in [0.2, 0.25) is 0 Å². The van der Waals surface area contributed by atoms with Crippen LogP contribution in [-0.2, 0) is 0 Å². The van der Waals surface area contributed by atoms with Gasteiger partial charge in [0.05, 0.1) is 13.7 Å². The third kappa shape index (κ3) is 3.07. The number of nitrogens with one attached hydrogen (secondary N) is 1. The molecule has 0 radical (unpaired) electrons. The first-order chi connectivity index (χ1) is 9.78. The number of nitrogen functional groups attached to an aromatic ring is 1. The first-order valence-electron chi connectivity index (χ1n) is 6.04. The molecule has 0 spiro atoms. The van der Waals surface area contributed by atoms with E-state index in [1.807, 2.05) is 19.1 Å². The fraction of sp³-hybridized carbons (Fsp3) is 0.231. The number of hydrogen-bond acceptors (Lipinski definition) is 7. The maximum Gasteiger partial charge on any atom is 0.268 e. The second-order valence-electron chi connectivity index (χ2n) is 3.71. The molecular formula is C13H16N4O3. The average molecular weight is 276 g/mol. The number of nitrogens with two attached hydrogens (primary N) is 1. The van der Waals surface area contributed by atoms with Gasteiger partial charge in [-0.05, 0) is 31.2 Å². The van der Waals surface area contributed by atoms with Crippen molar-refractivity contribution in [3.05, 3.63) is 30.6 Å². The van der Waals surface area contributed by atoms with Crippen LogP contribution in [0.5, 0.6) is 23.1 Å². The van der Waals surface area contributed by atoms with Crippen LogP contribution in [0, 0.1) is 0 Å². The predicted molar refractivity (Wildman–Crippen MR) is 74.1 cm³/mol. The van der Waals surface area contributed by atoms with Crippen LogP contribution in [0.15, 0.2) is 30.6 Å². The van der Waals surface area contributed by atoms with Crippen LogP contribution in [0.4, 0.5) is 5.82 Å². The molecule has 7 heteroatoms. The monoisotopic (exact) mass is 276 g/mol. The lowest BCUT2D eigenvalue weighted by atomic mass is 10.3. The van der Waals surface area contributed by atoms with Gasteiger partial charge in [-0.3, -0.25) is 0 Å². The summed E-state index contributed by atoms with van der Waals surface area (Å²) in [6, 6.07) is 7.19. The molecule has 0 amide bonds. The Hall–Kier alpha value is -2.54. The summed E-state index contributed by atoms with van der Waals surface area (Å²) in [5.41, 5.74) is 2.42. The highest BCUT2D eigenvalue weighted by atomic mass is 16.5. The summed E-state index contributed by atoms with van der Waals surface area (Å²) < 4.78 is 16.2. The van der Waals surface area contributed by atoms with Crippen molar-refractivity contribution in [2.24, 2.45) is 5.84 Å². The van der Waals surface area contributed by atoms with Gasteiger partial charge in [-0.1, -0.05) is 0 Å². The number of benzene rings is 1. The Morgan fingerprint density at radius 1 is 1.15 bits per heavy atom. The van der Waals surface area contributed by atoms with Crippen molar-refractivity contribution in [3.8, 4) is 23.1 Å². The molecule has 3 N–H and O–H groups in total. The van der Waals surface area contributed by atoms with Crippen LogP contribution in [0.3, 0.4) is 0 Å². The molecule has 2 rings (SSSR count). The van der Waals surface area contributed by atoms with Gasteiger partial charge in [-0.25, -0.2) is 10.8 Å². The smallest absolute Gasteiger partial charge is 0.268 e. The van der Waals surface area contributed by atoms with Gasteiger partial charge in [-0.2, -0.15) is 4.98 Å². The van der Waals surface area contributed by atoms with E-state index in [4.69, 9.17) is 20.1 Å². The Morgan fingerprint density at radius 2 is 1.85 bits per heavy atom. The second kappa shape index (κ2) is 6.58. The van der Waals surface area contributed by atoms with Crippen LogP contribution in [-0.4, -0.2) is 23.7 Å². The molecular weight excluding hydrogens is 260 g/mol. The highest BCUT2D eigenvalue weighted by Gasteiger charge is 2.13. The molecule has 1 aromatic carbocycles. The van der Waals surface area contributed by atoms with E-state index in [1.54, 1.807) is 12.1 Å². The van der Waals surface area contributed by atoms with E-state index in [0.29, 0.717) is 23.9 Å². The first kappa shape index (κ1) is 13.9. The fourth-order valence-corrected chi connectivity index (χ4v) is 1.60. The molecule has 0 aliphatic rings. The summed E-state index contributed by atoms with van der Waals surface area (Å²) in [4.78, 5) is 7.96. The summed E-state index contributed by atoms with van der Waals surface area (Å²) in [6.07, 6.45) is 1.33. The number of rotatable bonds is 6. The van der Waals surface area contributed by atoms with Crippen molar-refractivity contribution in [1.29, 1.82) is 0 Å². The normalized spacial score (nSPS) is 9.95. The third-order valence-corrected chi connectivity index (χ3v) is 2.46. The van der Waals surface area contributed by atoms with Gasteiger partial charge in [0.1, 0.15) is 17.8 Å². The number of ether oxygens (including phenoxy) is 3. The van der Waals surface area contributed by atoms with Crippen LogP contribution < -0.4 is 25.5 Å². The van der Waals surface area contributed by atoms with Crippen molar-refractivity contribution in [3.63, 3.8) is 0 Å². The van der Waals surface area contributed by atoms with Gasteiger partial charge in [0.25, 0.3) is 5.88 Å². The fourth-order valence-electron chi connectivity index (χ4n) is 1.60. The number of hydrazine groups is 1. The molecule has 7 nitrogen and oxygen atoms in total. The molecule has 2 aromatic rings. The van der Waals surface area contributed by atoms with E-state index < -0.39 is 0 Å². The number of hydrogen-bond donors (Lipinski definition) is 2. The molecule has 106 valence electrons. The van der Waals surface area contributed by atoms with Gasteiger partial charge in [0.15, 0.2) is 5.82 Å². The zero-order valence-corrected chi connectivity index (χ0v) is 11.3. The second-order valence-corrected chi connectivity index (χ2v) is 3.71. The lowest BCUT2D eigenvalue weighted by molar-refractivity contribution is 0.339. The van der Waals surface area contributed by atoms with E-state index in [9.17, 15) is 0 Å². The largest absolute Gasteiger partial charge is 0.494 e. The van der Waals surface area contributed by atoms with Crippen molar-refractivity contribution in [1.82, 2.24) is 9.97 Å². The zero-order chi connectivity index (χ0) is 14.4. The molecule has 0 unspecified atom stereocenters. The molecule has 0 aliphatic carbocycles. The van der Waals surface area contributed by atoms with Crippen LogP contribution in [0.1, 0.15) is 6.92 Å². The van der Waals surface area contributed by atoms with Gasteiger partial charge in [0, 0.05) is 0 Å². The Labute approximate surface area is 116 Å². The molecule has 20 heavy (non-hydrogen) atoms. The highest BCUT2D eigenvalue weighted by molar-refractivity contribution is 5.55. The summed E-state index contributed by atoms with van der Waals surface area (Å²) in [6.45, 7) is 2.54. The summed E-state index contributed by atoms with van der Waals surface area (Å²) >= 11 is 0. The topological polar surface area (TPSA) is 91.5 Å². The van der Waals surface area contributed by atoms with Crippen molar-refractivity contribution >= 4 is 5.82 Å². The van der Waals surface area contributed by atoms with Crippen molar-refractivity contribution in [2.75, 3.05) is 19.1 Å². The average Bonchev–Trinajstić information content (AvgIpc) is 2.49. The number of aromatic nitrogens is 2. The number of methoxy groups -OCH3 is 1. The quantitative estimate of drug-likeness (QED) is 0.615. The summed E-state index contributed by atoms with van der Waals surface area (Å²) in [5.74, 6) is 7.70. The molecule has 0 saturated heterocycles. The molecule has 0 bridgehead atoms. The number of anilines is 1.